The Hall–Kier alpha value is -2.57. The number of rotatable bonds is 6. The molecule has 0 aromatic heterocycles. The Labute approximate surface area is 121 Å². The number of carbonyl (C=O) groups is 2. The highest BCUT2D eigenvalue weighted by atomic mass is 19.1. The normalized spacial score (nSPS) is 10.9. The highest BCUT2D eigenvalue weighted by Gasteiger charge is 2.08. The van der Waals surface area contributed by atoms with E-state index < -0.39 is 6.09 Å². The number of carboxylic acid groups (broad SMARTS) is 1. The maximum atomic E-state index is 12.5. The topological polar surface area (TPSA) is 78.9 Å². The van der Waals surface area contributed by atoms with Crippen molar-refractivity contribution in [3.05, 3.63) is 41.7 Å². The molecular formula is C14H17FN2O4. The summed E-state index contributed by atoms with van der Waals surface area (Å²) in [4.78, 5) is 23.4. The third-order valence-electron chi connectivity index (χ3n) is 2.55. The van der Waals surface area contributed by atoms with Crippen molar-refractivity contribution in [3.8, 4) is 5.75 Å². The van der Waals surface area contributed by atoms with Crippen LogP contribution < -0.4 is 10.1 Å². The minimum Gasteiger partial charge on any atom is -0.489 e. The van der Waals surface area contributed by atoms with Crippen LogP contribution in [0.5, 0.6) is 5.75 Å². The summed E-state index contributed by atoms with van der Waals surface area (Å²) in [7, 11) is 3.31. The van der Waals surface area contributed by atoms with Gasteiger partial charge in [-0.3, -0.25) is 4.79 Å². The number of hydrogen-bond donors (Lipinski definition) is 2. The number of nitrogens with one attached hydrogen (secondary N) is 1. The van der Waals surface area contributed by atoms with Gasteiger partial charge in [0.1, 0.15) is 12.4 Å². The van der Waals surface area contributed by atoms with Gasteiger partial charge in [-0.1, -0.05) is 0 Å². The molecule has 1 aromatic carbocycles. The number of hydrogen-bond acceptors (Lipinski definition) is 3. The van der Waals surface area contributed by atoms with E-state index in [9.17, 15) is 14.0 Å². The lowest BCUT2D eigenvalue weighted by Crippen LogP contribution is -2.25. The van der Waals surface area contributed by atoms with Crippen molar-refractivity contribution in [2.75, 3.05) is 27.2 Å². The van der Waals surface area contributed by atoms with Gasteiger partial charge in [0.05, 0.1) is 6.33 Å². The van der Waals surface area contributed by atoms with Gasteiger partial charge in [-0.05, 0) is 24.3 Å². The lowest BCUT2D eigenvalue weighted by Gasteiger charge is -2.11. The molecule has 0 radical (unpaired) electrons. The Morgan fingerprint density at radius 3 is 2.43 bits per heavy atom. The molecular weight excluding hydrogens is 279 g/mol. The number of halogens is 1. The number of benzene rings is 1. The van der Waals surface area contributed by atoms with Gasteiger partial charge in [0, 0.05) is 31.8 Å². The van der Waals surface area contributed by atoms with Crippen molar-refractivity contribution in [2.45, 2.75) is 0 Å². The molecule has 0 fully saturated rings. The van der Waals surface area contributed by atoms with Crippen molar-refractivity contribution >= 4 is 12.0 Å². The highest BCUT2D eigenvalue weighted by Crippen LogP contribution is 2.14. The van der Waals surface area contributed by atoms with E-state index in [0.717, 1.165) is 0 Å². The highest BCUT2D eigenvalue weighted by molar-refractivity contribution is 5.93. The van der Waals surface area contributed by atoms with E-state index in [2.05, 4.69) is 0 Å². The molecule has 0 atom stereocenters. The smallest absolute Gasteiger partial charge is 0.404 e. The van der Waals surface area contributed by atoms with Crippen LogP contribution in [0, 0.1) is 0 Å². The van der Waals surface area contributed by atoms with E-state index in [1.54, 1.807) is 38.4 Å². The summed E-state index contributed by atoms with van der Waals surface area (Å²) < 4.78 is 17.9. The standard InChI is InChI=1S/C14H17FN2O4/c1-17(2)13(18)11-3-5-12(6-4-11)21-9-10(7-15)8-16-14(19)20/h3-7,16H,8-9H2,1-2H3,(H,19,20). The van der Waals surface area contributed by atoms with Crippen LogP contribution in [-0.4, -0.2) is 49.3 Å². The number of nitrogens with zero attached hydrogens (tertiary/aromatic N) is 1. The number of ether oxygens (including phenoxy) is 1. The molecule has 0 aliphatic carbocycles. The molecule has 21 heavy (non-hydrogen) atoms. The van der Waals surface area contributed by atoms with E-state index in [1.807, 2.05) is 5.32 Å². The summed E-state index contributed by atoms with van der Waals surface area (Å²) in [6.07, 6.45) is -0.930. The summed E-state index contributed by atoms with van der Waals surface area (Å²) >= 11 is 0. The van der Waals surface area contributed by atoms with E-state index in [-0.39, 0.29) is 24.6 Å². The fourth-order valence-corrected chi connectivity index (χ4v) is 1.44. The molecule has 0 bridgehead atoms. The molecule has 0 spiro atoms. The van der Waals surface area contributed by atoms with Crippen LogP contribution in [0.1, 0.15) is 10.4 Å². The van der Waals surface area contributed by atoms with Gasteiger partial charge in [-0.15, -0.1) is 0 Å². The van der Waals surface area contributed by atoms with E-state index in [0.29, 0.717) is 17.6 Å². The van der Waals surface area contributed by atoms with E-state index in [4.69, 9.17) is 9.84 Å². The third-order valence-corrected chi connectivity index (χ3v) is 2.55. The summed E-state index contributed by atoms with van der Waals surface area (Å²) in [6, 6.07) is 6.40. The van der Waals surface area contributed by atoms with Crippen molar-refractivity contribution < 1.29 is 23.8 Å². The second-order valence-corrected chi connectivity index (χ2v) is 4.44. The summed E-state index contributed by atoms with van der Waals surface area (Å²) in [5, 5.41) is 10.5. The average Bonchev–Trinajstić information content (AvgIpc) is 2.47. The average molecular weight is 296 g/mol. The zero-order chi connectivity index (χ0) is 15.8. The molecule has 7 heteroatoms. The van der Waals surface area contributed by atoms with Gasteiger partial charge in [0.15, 0.2) is 0 Å². The Morgan fingerprint density at radius 2 is 1.95 bits per heavy atom. The maximum absolute atomic E-state index is 12.5. The van der Waals surface area contributed by atoms with Crippen molar-refractivity contribution in [2.24, 2.45) is 0 Å². The first-order valence-electron chi connectivity index (χ1n) is 6.13. The van der Waals surface area contributed by atoms with Crippen molar-refractivity contribution in [1.82, 2.24) is 10.2 Å². The van der Waals surface area contributed by atoms with Crippen LogP contribution in [0.3, 0.4) is 0 Å². The summed E-state index contributed by atoms with van der Waals surface area (Å²) in [5.74, 6) is 0.330. The molecule has 2 amide bonds. The van der Waals surface area contributed by atoms with Gasteiger partial charge >= 0.3 is 6.09 Å². The molecule has 0 unspecified atom stereocenters. The molecule has 2 N–H and O–H groups in total. The zero-order valence-electron chi connectivity index (χ0n) is 11.8. The molecule has 0 aliphatic rings. The summed E-state index contributed by atoms with van der Waals surface area (Å²) in [5.41, 5.74) is 0.673. The van der Waals surface area contributed by atoms with Crippen molar-refractivity contribution in [3.63, 3.8) is 0 Å². The predicted molar refractivity (Wildman–Crippen MR) is 75.2 cm³/mol. The van der Waals surface area contributed by atoms with Gasteiger partial charge in [0.25, 0.3) is 5.91 Å². The molecule has 6 nitrogen and oxygen atoms in total. The second-order valence-electron chi connectivity index (χ2n) is 4.44. The van der Waals surface area contributed by atoms with Crippen molar-refractivity contribution in [1.29, 1.82) is 0 Å². The fraction of sp³-hybridized carbons (Fsp3) is 0.286. The summed E-state index contributed by atoms with van der Waals surface area (Å²) in [6.45, 7) is -0.235. The first kappa shape index (κ1) is 16.5. The van der Waals surface area contributed by atoms with Gasteiger partial charge in [-0.2, -0.15) is 0 Å². The van der Waals surface area contributed by atoms with Crippen LogP contribution in [0.15, 0.2) is 36.2 Å². The Morgan fingerprint density at radius 1 is 1.33 bits per heavy atom. The predicted octanol–water partition coefficient (Wildman–Crippen LogP) is 1.89. The first-order valence-corrected chi connectivity index (χ1v) is 6.13. The van der Waals surface area contributed by atoms with Gasteiger partial charge in [0.2, 0.25) is 0 Å². The Kier molecular flexibility index (Phi) is 6.19. The van der Waals surface area contributed by atoms with Crippen LogP contribution in [-0.2, 0) is 0 Å². The Balaban J connectivity index is 2.56. The fourth-order valence-electron chi connectivity index (χ4n) is 1.44. The largest absolute Gasteiger partial charge is 0.489 e. The van der Waals surface area contributed by atoms with Crippen LogP contribution >= 0.6 is 0 Å². The Bertz CT molecular complexity index is 526. The van der Waals surface area contributed by atoms with Gasteiger partial charge < -0.3 is 20.1 Å². The third kappa shape index (κ3) is 5.52. The van der Waals surface area contributed by atoms with Crippen LogP contribution in [0.25, 0.3) is 0 Å². The van der Waals surface area contributed by atoms with Gasteiger partial charge in [-0.25, -0.2) is 9.18 Å². The van der Waals surface area contributed by atoms with E-state index >= 15 is 0 Å². The lowest BCUT2D eigenvalue weighted by atomic mass is 10.2. The molecule has 0 aliphatic heterocycles. The molecule has 114 valence electrons. The number of carbonyl (C=O) groups excluding carboxylic acids is 1. The minimum absolute atomic E-state index is 0.0856. The first-order chi connectivity index (χ1) is 9.93. The lowest BCUT2D eigenvalue weighted by molar-refractivity contribution is 0.0827. The van der Waals surface area contributed by atoms with Crippen LogP contribution in [0.2, 0.25) is 0 Å². The second kappa shape index (κ2) is 7.88. The minimum atomic E-state index is -1.24. The quantitative estimate of drug-likeness (QED) is 0.840. The van der Waals surface area contributed by atoms with Crippen LogP contribution in [0.4, 0.5) is 9.18 Å². The SMILES string of the molecule is CN(C)C(=O)c1ccc(OCC(=CF)CNC(=O)O)cc1. The zero-order valence-corrected chi connectivity index (χ0v) is 11.8. The maximum Gasteiger partial charge on any atom is 0.404 e. The molecule has 0 saturated carbocycles. The van der Waals surface area contributed by atoms with E-state index in [1.165, 1.54) is 4.90 Å². The molecule has 1 rings (SSSR count). The number of amides is 2. The molecule has 1 aromatic rings. The molecule has 0 heterocycles. The monoisotopic (exact) mass is 296 g/mol. The molecule has 0 saturated heterocycles.